The number of hydrogen-bond acceptors (Lipinski definition) is 3. The monoisotopic (exact) mass is 376 g/mol. The van der Waals surface area contributed by atoms with Crippen molar-refractivity contribution in [2.24, 2.45) is 0 Å². The number of carbonyl (C=O) groups is 1. The maximum atomic E-state index is 14.0. The first-order valence-electron chi connectivity index (χ1n) is 6.89. The molecule has 0 fully saturated rings. The predicted molar refractivity (Wildman–Crippen MR) is 79.7 cm³/mol. The van der Waals surface area contributed by atoms with Gasteiger partial charge < -0.3 is 9.47 Å². The summed E-state index contributed by atoms with van der Waals surface area (Å²) in [5.74, 6) is -2.65. The van der Waals surface area contributed by atoms with Gasteiger partial charge in [-0.15, -0.1) is 13.2 Å². The van der Waals surface area contributed by atoms with Crippen LogP contribution in [0, 0.1) is 5.82 Å². The Labute approximate surface area is 143 Å². The second kappa shape index (κ2) is 7.11. The molecule has 2 rings (SSSR count). The normalized spacial score (nSPS) is 11.8. The third-order valence-corrected chi connectivity index (χ3v) is 3.05. The van der Waals surface area contributed by atoms with E-state index >= 15 is 0 Å². The summed E-state index contributed by atoms with van der Waals surface area (Å²) in [7, 11) is 0. The number of halogens is 6. The highest BCUT2D eigenvalue weighted by Gasteiger charge is 2.31. The summed E-state index contributed by atoms with van der Waals surface area (Å²) >= 11 is 0. The van der Waals surface area contributed by atoms with E-state index in [4.69, 9.17) is 0 Å². The van der Waals surface area contributed by atoms with Gasteiger partial charge in [0.2, 0.25) is 0 Å². The van der Waals surface area contributed by atoms with Crippen molar-refractivity contribution in [3.05, 3.63) is 60.4 Å². The second-order valence-electron chi connectivity index (χ2n) is 4.97. The molecule has 9 heteroatoms. The highest BCUT2D eigenvalue weighted by molar-refractivity contribution is 5.80. The Kier molecular flexibility index (Phi) is 5.29. The first-order chi connectivity index (χ1) is 12.0. The van der Waals surface area contributed by atoms with Gasteiger partial charge in [-0.2, -0.15) is 8.78 Å². The van der Waals surface area contributed by atoms with Crippen molar-refractivity contribution in [1.29, 1.82) is 0 Å². The molecular weight excluding hydrogens is 366 g/mol. The lowest BCUT2D eigenvalue weighted by Gasteiger charge is -2.15. The van der Waals surface area contributed by atoms with Crippen molar-refractivity contribution in [3.8, 4) is 22.6 Å². The smallest absolute Gasteiger partial charge is 0.426 e. The fourth-order valence-corrected chi connectivity index (χ4v) is 2.00. The number of alkyl halides is 5. The van der Waals surface area contributed by atoms with E-state index in [1.807, 2.05) is 0 Å². The molecule has 0 heterocycles. The van der Waals surface area contributed by atoms with Crippen molar-refractivity contribution >= 4 is 6.29 Å². The van der Waals surface area contributed by atoms with Gasteiger partial charge in [0.05, 0.1) is 0 Å². The van der Waals surface area contributed by atoms with Gasteiger partial charge in [-0.25, -0.2) is 4.39 Å². The Balaban J connectivity index is 2.41. The van der Waals surface area contributed by atoms with Gasteiger partial charge in [-0.3, -0.25) is 4.79 Å². The summed E-state index contributed by atoms with van der Waals surface area (Å²) in [4.78, 5) is 10.9. The van der Waals surface area contributed by atoms with E-state index in [1.54, 1.807) is 0 Å². The molecule has 0 amide bonds. The third kappa shape index (κ3) is 5.01. The Bertz CT molecular complexity index is 830. The van der Waals surface area contributed by atoms with Crippen molar-refractivity contribution in [2.45, 2.75) is 12.5 Å². The van der Waals surface area contributed by atoms with Crippen LogP contribution < -0.4 is 9.47 Å². The number of hydrogen-bond donors (Lipinski definition) is 0. The van der Waals surface area contributed by atoms with E-state index in [2.05, 4.69) is 16.1 Å². The first kappa shape index (κ1) is 19.4. The molecule has 3 nitrogen and oxygen atoms in total. The highest BCUT2D eigenvalue weighted by atomic mass is 19.4. The minimum atomic E-state index is -4.99. The van der Waals surface area contributed by atoms with Crippen molar-refractivity contribution in [2.75, 3.05) is 0 Å². The number of ether oxygens (including phenoxy) is 2. The minimum Gasteiger partial charge on any atom is -0.426 e. The molecular formula is C17H10F6O3. The van der Waals surface area contributed by atoms with E-state index < -0.39 is 29.8 Å². The summed E-state index contributed by atoms with van der Waals surface area (Å²) in [6.45, 7) is 2.85. The lowest BCUT2D eigenvalue weighted by Crippen LogP contribution is -2.21. The van der Waals surface area contributed by atoms with Crippen molar-refractivity contribution in [3.63, 3.8) is 0 Å². The first-order valence-corrected chi connectivity index (χ1v) is 6.89. The zero-order valence-corrected chi connectivity index (χ0v) is 12.8. The highest BCUT2D eigenvalue weighted by Crippen LogP contribution is 2.33. The molecule has 0 aromatic heterocycles. The van der Waals surface area contributed by atoms with Crippen LogP contribution in [0.2, 0.25) is 0 Å². The van der Waals surface area contributed by atoms with Crippen LogP contribution in [0.3, 0.4) is 0 Å². The summed E-state index contributed by atoms with van der Waals surface area (Å²) in [5.41, 5.74) is -0.122. The van der Waals surface area contributed by atoms with Crippen LogP contribution in [0.15, 0.2) is 49.1 Å². The van der Waals surface area contributed by atoms with Crippen LogP contribution in [0.1, 0.15) is 10.4 Å². The molecule has 0 N–H and O–H groups in total. The molecule has 0 atom stereocenters. The summed E-state index contributed by atoms with van der Waals surface area (Å²) < 4.78 is 85.1. The van der Waals surface area contributed by atoms with Gasteiger partial charge in [0.1, 0.15) is 12.0 Å². The molecule has 0 spiro atoms. The minimum absolute atomic E-state index is 0.00906. The summed E-state index contributed by atoms with van der Waals surface area (Å²) in [6, 6.07) is 5.75. The molecule has 2 aromatic carbocycles. The van der Waals surface area contributed by atoms with Gasteiger partial charge in [0.15, 0.2) is 11.6 Å². The quantitative estimate of drug-likeness (QED) is 0.387. The zero-order chi connectivity index (χ0) is 19.5. The van der Waals surface area contributed by atoms with Gasteiger partial charge in [0.25, 0.3) is 0 Å². The SMILES string of the molecule is C=CC(F)(F)Oc1ccc(-c2cc(C=O)cc(OC(F)(F)F)c2)cc1F. The molecule has 0 saturated heterocycles. The van der Waals surface area contributed by atoms with Gasteiger partial charge in [-0.1, -0.05) is 12.6 Å². The molecule has 26 heavy (non-hydrogen) atoms. The van der Waals surface area contributed by atoms with E-state index in [0.29, 0.717) is 0 Å². The van der Waals surface area contributed by atoms with Crippen LogP contribution in [-0.2, 0) is 0 Å². The van der Waals surface area contributed by atoms with E-state index in [9.17, 15) is 31.1 Å². The number of aldehydes is 1. The molecule has 0 bridgehead atoms. The molecule has 0 aliphatic rings. The average Bonchev–Trinajstić information content (AvgIpc) is 2.54. The van der Waals surface area contributed by atoms with Gasteiger partial charge >= 0.3 is 12.5 Å². The fraction of sp³-hybridized carbons (Fsp3) is 0.118. The van der Waals surface area contributed by atoms with Crippen molar-refractivity contribution in [1.82, 2.24) is 0 Å². The number of rotatable bonds is 6. The molecule has 0 unspecified atom stereocenters. The Hall–Kier alpha value is -2.97. The average molecular weight is 376 g/mol. The number of carbonyl (C=O) groups excluding carboxylic acids is 1. The van der Waals surface area contributed by atoms with Crippen LogP contribution in [-0.4, -0.2) is 18.8 Å². The molecule has 2 aromatic rings. The lowest BCUT2D eigenvalue weighted by molar-refractivity contribution is -0.274. The topological polar surface area (TPSA) is 35.5 Å². The lowest BCUT2D eigenvalue weighted by atomic mass is 10.0. The Morgan fingerprint density at radius 1 is 0.923 bits per heavy atom. The molecule has 0 radical (unpaired) electrons. The van der Waals surface area contributed by atoms with E-state index in [-0.39, 0.29) is 29.1 Å². The molecule has 0 aliphatic carbocycles. The van der Waals surface area contributed by atoms with Crippen LogP contribution in [0.4, 0.5) is 26.3 Å². The van der Waals surface area contributed by atoms with Crippen LogP contribution in [0.5, 0.6) is 11.5 Å². The van der Waals surface area contributed by atoms with Gasteiger partial charge in [0, 0.05) is 11.6 Å². The summed E-state index contributed by atoms with van der Waals surface area (Å²) in [5, 5.41) is 0. The van der Waals surface area contributed by atoms with E-state index in [0.717, 1.165) is 30.3 Å². The molecule has 0 saturated carbocycles. The van der Waals surface area contributed by atoms with E-state index in [1.165, 1.54) is 6.07 Å². The fourth-order valence-electron chi connectivity index (χ4n) is 2.00. The largest absolute Gasteiger partial charge is 0.573 e. The molecule has 138 valence electrons. The third-order valence-electron chi connectivity index (χ3n) is 3.05. The Morgan fingerprint density at radius 2 is 1.62 bits per heavy atom. The number of benzene rings is 2. The van der Waals surface area contributed by atoms with Crippen LogP contribution in [0.25, 0.3) is 11.1 Å². The second-order valence-corrected chi connectivity index (χ2v) is 4.97. The maximum absolute atomic E-state index is 14.0. The Morgan fingerprint density at radius 3 is 2.15 bits per heavy atom. The predicted octanol–water partition coefficient (Wildman–Crippen LogP) is 5.36. The summed E-state index contributed by atoms with van der Waals surface area (Å²) in [6.07, 6.45) is -8.33. The molecule has 0 aliphatic heterocycles. The van der Waals surface area contributed by atoms with Crippen molar-refractivity contribution < 1.29 is 40.6 Å². The zero-order valence-electron chi connectivity index (χ0n) is 12.8. The maximum Gasteiger partial charge on any atom is 0.573 e. The standard InChI is InChI=1S/C17H10F6O3/c1-2-16(19,20)26-15-4-3-11(8-14(15)18)12-5-10(9-24)6-13(7-12)25-17(21,22)23/h2-9H,1H2. The van der Waals surface area contributed by atoms with Gasteiger partial charge in [-0.05, 0) is 41.5 Å². The van der Waals surface area contributed by atoms with Crippen LogP contribution >= 0.6 is 0 Å².